The first kappa shape index (κ1) is 14.5. The summed E-state index contributed by atoms with van der Waals surface area (Å²) in [5.41, 5.74) is 0.861. The van der Waals surface area contributed by atoms with Crippen molar-refractivity contribution >= 4 is 17.6 Å². The zero-order chi connectivity index (χ0) is 14.5. The number of hydrogen-bond acceptors (Lipinski definition) is 6. The van der Waals surface area contributed by atoms with Crippen LogP contribution in [0.5, 0.6) is 0 Å². The van der Waals surface area contributed by atoms with Gasteiger partial charge in [-0.25, -0.2) is 15.0 Å². The van der Waals surface area contributed by atoms with Crippen LogP contribution in [0.3, 0.4) is 0 Å². The Morgan fingerprint density at radius 3 is 2.80 bits per heavy atom. The van der Waals surface area contributed by atoms with Gasteiger partial charge in [0.05, 0.1) is 0 Å². The zero-order valence-corrected chi connectivity index (χ0v) is 12.5. The second-order valence-electron chi connectivity index (χ2n) is 4.47. The highest BCUT2D eigenvalue weighted by molar-refractivity contribution is 7.99. The number of aromatic amines is 1. The Bertz CT molecular complexity index is 641. The van der Waals surface area contributed by atoms with Crippen LogP contribution in [0, 0.1) is 0 Å². The average molecular weight is 291 g/mol. The summed E-state index contributed by atoms with van der Waals surface area (Å²) >= 11 is 1.34. The van der Waals surface area contributed by atoms with Crippen molar-refractivity contribution in [3.63, 3.8) is 0 Å². The Balaban J connectivity index is 2.40. The lowest BCUT2D eigenvalue weighted by Crippen LogP contribution is -2.08. The maximum atomic E-state index is 11.3. The molecular formula is C13H17N5OS. The standard InChI is InChI=1S/C13H17N5OS/c1-4-14-11-10(8(2)3)12(17-7-16-11)20-13-15-6-5-9(19)18-13/h5-8H,4H2,1-3H3,(H,14,16,17)(H,15,18,19). The van der Waals surface area contributed by atoms with Crippen molar-refractivity contribution in [1.29, 1.82) is 0 Å². The minimum Gasteiger partial charge on any atom is -0.370 e. The molecule has 0 unspecified atom stereocenters. The molecule has 106 valence electrons. The molecule has 2 aromatic rings. The van der Waals surface area contributed by atoms with Gasteiger partial charge in [-0.3, -0.25) is 4.79 Å². The number of aromatic nitrogens is 4. The smallest absolute Gasteiger partial charge is 0.251 e. The summed E-state index contributed by atoms with van der Waals surface area (Å²) in [7, 11) is 0. The first-order chi connectivity index (χ1) is 9.61. The van der Waals surface area contributed by atoms with Gasteiger partial charge in [0.15, 0.2) is 5.16 Å². The Hall–Kier alpha value is -1.89. The second-order valence-corrected chi connectivity index (χ2v) is 5.44. The quantitative estimate of drug-likeness (QED) is 0.649. The average Bonchev–Trinajstić information content (AvgIpc) is 2.39. The van der Waals surface area contributed by atoms with Crippen LogP contribution in [-0.2, 0) is 0 Å². The highest BCUT2D eigenvalue weighted by Crippen LogP contribution is 2.33. The van der Waals surface area contributed by atoms with Gasteiger partial charge in [-0.2, -0.15) is 0 Å². The summed E-state index contributed by atoms with van der Waals surface area (Å²) in [6, 6.07) is 1.39. The normalized spacial score (nSPS) is 10.8. The molecule has 0 aromatic carbocycles. The summed E-state index contributed by atoms with van der Waals surface area (Å²) in [5.74, 6) is 1.10. The van der Waals surface area contributed by atoms with E-state index in [1.165, 1.54) is 30.4 Å². The van der Waals surface area contributed by atoms with Crippen molar-refractivity contribution in [3.05, 3.63) is 34.5 Å². The van der Waals surface area contributed by atoms with Crippen LogP contribution in [-0.4, -0.2) is 26.5 Å². The number of nitrogens with zero attached hydrogens (tertiary/aromatic N) is 3. The van der Waals surface area contributed by atoms with Gasteiger partial charge in [-0.05, 0) is 24.6 Å². The highest BCUT2D eigenvalue weighted by atomic mass is 32.2. The number of anilines is 1. The van der Waals surface area contributed by atoms with E-state index in [0.717, 1.165) is 23.0 Å². The molecule has 0 amide bonds. The van der Waals surface area contributed by atoms with E-state index in [1.807, 2.05) is 6.92 Å². The van der Waals surface area contributed by atoms with Crippen LogP contribution in [0.4, 0.5) is 5.82 Å². The predicted molar refractivity (Wildman–Crippen MR) is 79.3 cm³/mol. The van der Waals surface area contributed by atoms with Gasteiger partial charge in [0, 0.05) is 24.4 Å². The Labute approximate surface area is 121 Å². The SMILES string of the molecule is CCNc1ncnc(Sc2nccc(=O)[nH]2)c1C(C)C. The topological polar surface area (TPSA) is 83.6 Å². The summed E-state index contributed by atoms with van der Waals surface area (Å²) in [5, 5.41) is 4.57. The molecule has 0 aliphatic heterocycles. The maximum Gasteiger partial charge on any atom is 0.251 e. The fraction of sp³-hybridized carbons (Fsp3) is 0.385. The molecule has 0 aliphatic rings. The minimum atomic E-state index is -0.172. The zero-order valence-electron chi connectivity index (χ0n) is 11.7. The molecule has 2 heterocycles. The lowest BCUT2D eigenvalue weighted by atomic mass is 10.1. The molecule has 0 aliphatic carbocycles. The third kappa shape index (κ3) is 3.36. The molecule has 20 heavy (non-hydrogen) atoms. The van der Waals surface area contributed by atoms with E-state index in [4.69, 9.17) is 0 Å². The van der Waals surface area contributed by atoms with Gasteiger partial charge in [-0.15, -0.1) is 0 Å². The summed E-state index contributed by atoms with van der Waals surface area (Å²) in [6.07, 6.45) is 3.01. The van der Waals surface area contributed by atoms with Crippen LogP contribution in [0.1, 0.15) is 32.3 Å². The van der Waals surface area contributed by atoms with Gasteiger partial charge in [-0.1, -0.05) is 13.8 Å². The molecule has 6 nitrogen and oxygen atoms in total. The molecule has 2 rings (SSSR count). The van der Waals surface area contributed by atoms with Crippen molar-refractivity contribution < 1.29 is 0 Å². The number of nitrogens with one attached hydrogen (secondary N) is 2. The lowest BCUT2D eigenvalue weighted by Gasteiger charge is -2.15. The predicted octanol–water partition coefficient (Wildman–Crippen LogP) is 2.27. The largest absolute Gasteiger partial charge is 0.370 e. The maximum absolute atomic E-state index is 11.3. The summed E-state index contributed by atoms with van der Waals surface area (Å²) in [4.78, 5) is 26.7. The van der Waals surface area contributed by atoms with E-state index in [1.54, 1.807) is 0 Å². The molecule has 2 N–H and O–H groups in total. The molecule has 2 aromatic heterocycles. The third-order valence-corrected chi connectivity index (χ3v) is 3.53. The fourth-order valence-electron chi connectivity index (χ4n) is 1.78. The van der Waals surface area contributed by atoms with Gasteiger partial charge >= 0.3 is 0 Å². The molecule has 0 radical (unpaired) electrons. The molecule has 0 saturated carbocycles. The Morgan fingerprint density at radius 2 is 2.15 bits per heavy atom. The molecule has 7 heteroatoms. The highest BCUT2D eigenvalue weighted by Gasteiger charge is 2.16. The summed E-state index contributed by atoms with van der Waals surface area (Å²) < 4.78 is 0. The van der Waals surface area contributed by atoms with Crippen LogP contribution in [0.15, 0.2) is 33.6 Å². The monoisotopic (exact) mass is 291 g/mol. The lowest BCUT2D eigenvalue weighted by molar-refractivity contribution is 0.800. The second kappa shape index (κ2) is 6.51. The van der Waals surface area contributed by atoms with Crippen molar-refractivity contribution in [1.82, 2.24) is 19.9 Å². The van der Waals surface area contributed by atoms with Crippen LogP contribution in [0.25, 0.3) is 0 Å². The molecule has 0 spiro atoms. The van der Waals surface area contributed by atoms with Crippen LogP contribution >= 0.6 is 11.8 Å². The van der Waals surface area contributed by atoms with Gasteiger partial charge < -0.3 is 10.3 Å². The van der Waals surface area contributed by atoms with Crippen LogP contribution in [0.2, 0.25) is 0 Å². The van der Waals surface area contributed by atoms with E-state index in [0.29, 0.717) is 5.16 Å². The molecular weight excluding hydrogens is 274 g/mol. The fourth-order valence-corrected chi connectivity index (χ4v) is 2.78. The number of rotatable bonds is 5. The molecule has 0 bridgehead atoms. The first-order valence-electron chi connectivity index (χ1n) is 6.43. The minimum absolute atomic E-state index is 0.172. The van der Waals surface area contributed by atoms with Crippen molar-refractivity contribution in [2.24, 2.45) is 0 Å². The Kier molecular flexibility index (Phi) is 4.73. The van der Waals surface area contributed by atoms with Crippen molar-refractivity contribution in [2.75, 3.05) is 11.9 Å². The van der Waals surface area contributed by atoms with Crippen molar-refractivity contribution in [3.8, 4) is 0 Å². The van der Waals surface area contributed by atoms with E-state index >= 15 is 0 Å². The molecule has 0 atom stereocenters. The van der Waals surface area contributed by atoms with E-state index in [-0.39, 0.29) is 11.5 Å². The summed E-state index contributed by atoms with van der Waals surface area (Å²) in [6.45, 7) is 6.99. The van der Waals surface area contributed by atoms with Crippen LogP contribution < -0.4 is 10.9 Å². The Morgan fingerprint density at radius 1 is 1.35 bits per heavy atom. The molecule has 0 saturated heterocycles. The van der Waals surface area contributed by atoms with E-state index in [2.05, 4.69) is 39.1 Å². The van der Waals surface area contributed by atoms with Gasteiger partial charge in [0.1, 0.15) is 17.2 Å². The van der Waals surface area contributed by atoms with E-state index < -0.39 is 0 Å². The number of H-pyrrole nitrogens is 1. The van der Waals surface area contributed by atoms with E-state index in [9.17, 15) is 4.79 Å². The van der Waals surface area contributed by atoms with Crippen molar-refractivity contribution in [2.45, 2.75) is 36.9 Å². The molecule has 0 fully saturated rings. The van der Waals surface area contributed by atoms with Gasteiger partial charge in [0.2, 0.25) is 0 Å². The van der Waals surface area contributed by atoms with Gasteiger partial charge in [0.25, 0.3) is 5.56 Å². The third-order valence-electron chi connectivity index (χ3n) is 2.61. The first-order valence-corrected chi connectivity index (χ1v) is 7.25. The number of hydrogen-bond donors (Lipinski definition) is 2.